The van der Waals surface area contributed by atoms with Gasteiger partial charge in [-0.25, -0.2) is 14.4 Å². The van der Waals surface area contributed by atoms with E-state index in [9.17, 15) is 14.6 Å². The van der Waals surface area contributed by atoms with Crippen molar-refractivity contribution >= 4 is 21.6 Å². The number of fused-ring (bicyclic) bond motifs is 1. The number of halogens is 1. The van der Waals surface area contributed by atoms with E-state index in [2.05, 4.69) is 9.97 Å². The van der Waals surface area contributed by atoms with Gasteiger partial charge in [0.2, 0.25) is 5.60 Å². The third kappa shape index (κ3) is 1.93. The molecule has 8 heteroatoms. The topological polar surface area (TPSA) is 99.3 Å². The highest BCUT2D eigenvalue weighted by Gasteiger charge is 2.56. The molecular formula is C13H12FN3O3S. The average Bonchev–Trinajstić information content (AvgIpc) is 3.02. The first-order valence-electron chi connectivity index (χ1n) is 6.25. The van der Waals surface area contributed by atoms with Crippen molar-refractivity contribution < 1.29 is 19.3 Å². The molecule has 110 valence electrons. The van der Waals surface area contributed by atoms with E-state index in [1.54, 1.807) is 11.4 Å². The van der Waals surface area contributed by atoms with E-state index in [0.717, 1.165) is 10.4 Å². The lowest BCUT2D eigenvalue weighted by Gasteiger charge is -2.20. The minimum Gasteiger partial charge on any atom is -0.392 e. The summed E-state index contributed by atoms with van der Waals surface area (Å²) in [4.78, 5) is 8.20. The van der Waals surface area contributed by atoms with Crippen molar-refractivity contribution in [3.05, 3.63) is 23.0 Å². The van der Waals surface area contributed by atoms with Crippen LogP contribution in [-0.2, 0) is 4.74 Å². The summed E-state index contributed by atoms with van der Waals surface area (Å²) in [7, 11) is 0. The van der Waals surface area contributed by atoms with Gasteiger partial charge in [0.1, 0.15) is 24.6 Å². The molecule has 0 aliphatic carbocycles. The Hall–Kier alpha value is -1.66. The zero-order chi connectivity index (χ0) is 15.2. The predicted octanol–water partition coefficient (Wildman–Crippen LogP) is 1.02. The quantitative estimate of drug-likeness (QED) is 0.859. The molecule has 4 atom stereocenters. The number of aromatic nitrogens is 2. The molecule has 1 aliphatic rings. The highest BCUT2D eigenvalue weighted by atomic mass is 32.1. The van der Waals surface area contributed by atoms with Crippen molar-refractivity contribution in [2.24, 2.45) is 0 Å². The minimum atomic E-state index is -1.94. The number of ether oxygens (including phenoxy) is 1. The molecule has 2 aromatic heterocycles. The summed E-state index contributed by atoms with van der Waals surface area (Å²) in [6.45, 7) is 1.03. The Bertz CT molecular complexity index is 731. The zero-order valence-electron chi connectivity index (χ0n) is 11.0. The van der Waals surface area contributed by atoms with Gasteiger partial charge < -0.3 is 14.9 Å². The van der Waals surface area contributed by atoms with E-state index in [4.69, 9.17) is 10.00 Å². The number of hydrogen-bond donors (Lipinski definition) is 2. The number of nitriles is 1. The van der Waals surface area contributed by atoms with Crippen LogP contribution in [0.3, 0.4) is 0 Å². The van der Waals surface area contributed by atoms with Crippen LogP contribution in [-0.4, -0.2) is 44.7 Å². The van der Waals surface area contributed by atoms with Crippen molar-refractivity contribution in [2.45, 2.75) is 30.9 Å². The number of nitrogens with zero attached hydrogens (tertiary/aromatic N) is 3. The smallest absolute Gasteiger partial charge is 0.206 e. The van der Waals surface area contributed by atoms with Crippen LogP contribution >= 0.6 is 11.3 Å². The van der Waals surface area contributed by atoms with Crippen molar-refractivity contribution in [3.63, 3.8) is 0 Å². The van der Waals surface area contributed by atoms with Crippen molar-refractivity contribution in [3.8, 4) is 6.07 Å². The lowest BCUT2D eigenvalue weighted by molar-refractivity contribution is -0.0731. The number of aliphatic hydroxyl groups excluding tert-OH is 2. The molecule has 6 nitrogen and oxygen atoms in total. The number of hydrogen-bond acceptors (Lipinski definition) is 7. The Kier molecular flexibility index (Phi) is 3.37. The Morgan fingerprint density at radius 2 is 2.33 bits per heavy atom. The van der Waals surface area contributed by atoms with Crippen molar-refractivity contribution in [2.75, 3.05) is 6.61 Å². The Labute approximate surface area is 123 Å². The van der Waals surface area contributed by atoms with Crippen LogP contribution < -0.4 is 0 Å². The molecule has 1 saturated heterocycles. The van der Waals surface area contributed by atoms with Crippen LogP contribution in [0.4, 0.5) is 4.39 Å². The predicted molar refractivity (Wildman–Crippen MR) is 72.3 cm³/mol. The Morgan fingerprint density at radius 1 is 1.57 bits per heavy atom. The highest BCUT2D eigenvalue weighted by Crippen LogP contribution is 2.44. The summed E-state index contributed by atoms with van der Waals surface area (Å²) in [5.74, 6) is 0. The van der Waals surface area contributed by atoms with E-state index in [1.165, 1.54) is 17.7 Å². The molecule has 2 N–H and O–H groups in total. The summed E-state index contributed by atoms with van der Waals surface area (Å²) in [5.41, 5.74) is -0.184. The molecule has 0 unspecified atom stereocenters. The summed E-state index contributed by atoms with van der Waals surface area (Å²) in [6.07, 6.45) is -3.30. The van der Waals surface area contributed by atoms with Gasteiger partial charge in [-0.05, 0) is 12.3 Å². The molecular weight excluding hydrogens is 297 g/mol. The Morgan fingerprint density at radius 3 is 2.95 bits per heavy atom. The number of aliphatic hydroxyl groups is 2. The van der Waals surface area contributed by atoms with Gasteiger partial charge in [0.15, 0.2) is 6.17 Å². The second kappa shape index (κ2) is 4.96. The van der Waals surface area contributed by atoms with E-state index in [-0.39, 0.29) is 0 Å². The first-order chi connectivity index (χ1) is 10.0. The first-order valence-corrected chi connectivity index (χ1v) is 7.13. The number of thiophene rings is 1. The van der Waals surface area contributed by atoms with Gasteiger partial charge in [-0.1, -0.05) is 0 Å². The maximum atomic E-state index is 14.4. The maximum absolute atomic E-state index is 14.4. The van der Waals surface area contributed by atoms with Gasteiger partial charge in [0.25, 0.3) is 0 Å². The van der Waals surface area contributed by atoms with Crippen molar-refractivity contribution in [1.82, 2.24) is 9.97 Å². The van der Waals surface area contributed by atoms with Crippen LogP contribution in [0.5, 0.6) is 0 Å². The van der Waals surface area contributed by atoms with Crippen LogP contribution in [0.2, 0.25) is 0 Å². The first kappa shape index (κ1) is 14.3. The Balaban J connectivity index is 2.08. The molecule has 0 amide bonds. The highest BCUT2D eigenvalue weighted by molar-refractivity contribution is 7.17. The van der Waals surface area contributed by atoms with Gasteiger partial charge in [0.05, 0.1) is 22.5 Å². The molecule has 0 spiro atoms. The van der Waals surface area contributed by atoms with Gasteiger partial charge in [-0.2, -0.15) is 5.26 Å². The molecule has 21 heavy (non-hydrogen) atoms. The fourth-order valence-corrected chi connectivity index (χ4v) is 3.46. The molecule has 1 fully saturated rings. The largest absolute Gasteiger partial charge is 0.392 e. The normalized spacial score (nSPS) is 32.4. The minimum absolute atomic E-state index is 0.456. The number of alkyl halides is 1. The molecule has 3 heterocycles. The van der Waals surface area contributed by atoms with Crippen LogP contribution in [0.1, 0.15) is 17.4 Å². The fraction of sp³-hybridized carbons (Fsp3) is 0.462. The lowest BCUT2D eigenvalue weighted by atomic mass is 9.96. The van der Waals surface area contributed by atoms with Gasteiger partial charge in [0, 0.05) is 5.56 Å². The molecule has 0 aromatic carbocycles. The molecule has 0 radical (unpaired) electrons. The molecule has 2 aromatic rings. The average molecular weight is 309 g/mol. The van der Waals surface area contributed by atoms with Crippen LogP contribution in [0, 0.1) is 18.3 Å². The van der Waals surface area contributed by atoms with Gasteiger partial charge in [-0.15, -0.1) is 11.3 Å². The summed E-state index contributed by atoms with van der Waals surface area (Å²) in [6, 6.07) is 1.67. The summed E-state index contributed by atoms with van der Waals surface area (Å²) < 4.78 is 20.5. The standard InChI is InChI=1S/C13H12FN3O3S/c1-6-11-9(17-5-16-6)7(2-21-11)10-8(14)12(19)13(3-15,4-18)20-10/h2,5,8,10,12,18-19H,4H2,1H3/t8-,10-,12-,13+/m0/s1. The maximum Gasteiger partial charge on any atom is 0.206 e. The van der Waals surface area contributed by atoms with E-state index >= 15 is 0 Å². The third-order valence-electron chi connectivity index (χ3n) is 3.70. The summed E-state index contributed by atoms with van der Waals surface area (Å²) >= 11 is 1.35. The monoisotopic (exact) mass is 309 g/mol. The fourth-order valence-electron chi connectivity index (χ4n) is 2.47. The van der Waals surface area contributed by atoms with E-state index in [1.807, 2.05) is 6.92 Å². The lowest BCUT2D eigenvalue weighted by Crippen LogP contribution is -2.44. The summed E-state index contributed by atoms with van der Waals surface area (Å²) in [5, 5.41) is 29.9. The van der Waals surface area contributed by atoms with E-state index in [0.29, 0.717) is 11.1 Å². The second-order valence-corrected chi connectivity index (χ2v) is 5.79. The zero-order valence-corrected chi connectivity index (χ0v) is 11.8. The molecule has 1 aliphatic heterocycles. The third-order valence-corrected chi connectivity index (χ3v) is 4.79. The second-order valence-electron chi connectivity index (χ2n) is 4.91. The van der Waals surface area contributed by atoms with Crippen LogP contribution in [0.25, 0.3) is 10.2 Å². The van der Waals surface area contributed by atoms with Crippen LogP contribution in [0.15, 0.2) is 11.7 Å². The number of rotatable bonds is 2. The van der Waals surface area contributed by atoms with Gasteiger partial charge in [-0.3, -0.25) is 0 Å². The molecule has 3 rings (SSSR count). The van der Waals surface area contributed by atoms with E-state index < -0.39 is 30.6 Å². The molecule has 0 bridgehead atoms. The van der Waals surface area contributed by atoms with Gasteiger partial charge >= 0.3 is 0 Å². The number of aryl methyl sites for hydroxylation is 1. The molecule has 0 saturated carbocycles. The van der Waals surface area contributed by atoms with Crippen molar-refractivity contribution in [1.29, 1.82) is 5.26 Å². The SMILES string of the molecule is Cc1ncnc2c([C@@H]3O[C@](C#N)(CO)[C@@H](O)[C@H]3F)csc12.